The molecule has 0 fully saturated rings. The van der Waals surface area contributed by atoms with Gasteiger partial charge in [-0.15, -0.1) is 11.3 Å². The molecule has 2 heterocycles. The van der Waals surface area contributed by atoms with Gasteiger partial charge in [0, 0.05) is 30.9 Å². The van der Waals surface area contributed by atoms with Crippen molar-refractivity contribution in [1.29, 1.82) is 0 Å². The molecule has 0 aliphatic rings. The van der Waals surface area contributed by atoms with Gasteiger partial charge in [-0.2, -0.15) is 0 Å². The van der Waals surface area contributed by atoms with Crippen LogP contribution in [0.15, 0.2) is 17.8 Å². The molecule has 0 bridgehead atoms. The van der Waals surface area contributed by atoms with Crippen LogP contribution in [0, 0.1) is 0 Å². The average Bonchev–Trinajstić information content (AvgIpc) is 2.87. The number of thiazole rings is 1. The normalized spacial score (nSPS) is 11.3. The number of hydrogen-bond acceptors (Lipinski definition) is 5. The summed E-state index contributed by atoms with van der Waals surface area (Å²) in [4.78, 5) is 18.8. The number of fused-ring (bicyclic) bond motifs is 1. The molecule has 0 saturated carbocycles. The molecule has 0 N–H and O–H groups in total. The van der Waals surface area contributed by atoms with Crippen LogP contribution in [0.5, 0.6) is 0 Å². The second-order valence-electron chi connectivity index (χ2n) is 4.12. The van der Waals surface area contributed by atoms with Gasteiger partial charge >= 0.3 is 5.97 Å². The van der Waals surface area contributed by atoms with Gasteiger partial charge in [-0.05, 0) is 14.0 Å². The minimum atomic E-state index is -0.143. The summed E-state index contributed by atoms with van der Waals surface area (Å²) in [6, 6.07) is 0. The first-order valence-corrected chi connectivity index (χ1v) is 6.82. The number of aromatic nitrogens is 2. The van der Waals surface area contributed by atoms with Gasteiger partial charge in [-0.25, -0.2) is 4.98 Å². The lowest BCUT2D eigenvalue weighted by molar-refractivity contribution is -0.143. The zero-order valence-corrected chi connectivity index (χ0v) is 11.4. The Hall–Kier alpha value is -1.40. The molecule has 0 spiro atoms. The largest absolute Gasteiger partial charge is 0.466 e. The highest BCUT2D eigenvalue weighted by Crippen LogP contribution is 2.12. The lowest BCUT2D eigenvalue weighted by Gasteiger charge is -2.14. The van der Waals surface area contributed by atoms with Crippen molar-refractivity contribution in [1.82, 2.24) is 14.3 Å². The molecule has 0 aromatic carbocycles. The maximum absolute atomic E-state index is 11.2. The molecule has 2 aromatic rings. The molecule has 0 aliphatic carbocycles. The van der Waals surface area contributed by atoms with E-state index in [2.05, 4.69) is 9.88 Å². The predicted octanol–water partition coefficient (Wildman–Crippen LogP) is 1.78. The third-order valence-electron chi connectivity index (χ3n) is 2.58. The molecular weight excluding hydrogens is 250 g/mol. The van der Waals surface area contributed by atoms with Gasteiger partial charge in [0.25, 0.3) is 0 Å². The van der Waals surface area contributed by atoms with Crippen LogP contribution in [0.4, 0.5) is 0 Å². The summed E-state index contributed by atoms with van der Waals surface area (Å²) in [5, 5.41) is 2.01. The highest BCUT2D eigenvalue weighted by molar-refractivity contribution is 7.15. The van der Waals surface area contributed by atoms with Crippen LogP contribution in [0.2, 0.25) is 0 Å². The summed E-state index contributed by atoms with van der Waals surface area (Å²) in [5.74, 6) is -0.143. The molecule has 0 unspecified atom stereocenters. The maximum Gasteiger partial charge on any atom is 0.307 e. The van der Waals surface area contributed by atoms with E-state index in [1.54, 1.807) is 11.3 Å². The van der Waals surface area contributed by atoms with Gasteiger partial charge in [-0.3, -0.25) is 14.1 Å². The summed E-state index contributed by atoms with van der Waals surface area (Å²) in [6.07, 6.45) is 4.44. The van der Waals surface area contributed by atoms with Gasteiger partial charge in [-0.1, -0.05) is 0 Å². The van der Waals surface area contributed by atoms with E-state index in [1.807, 2.05) is 36.1 Å². The maximum atomic E-state index is 11.2. The fraction of sp³-hybridized carbons (Fsp3) is 0.500. The molecule has 0 atom stereocenters. The van der Waals surface area contributed by atoms with Crippen molar-refractivity contribution in [2.75, 3.05) is 20.2 Å². The molecule has 2 rings (SSSR count). The molecule has 18 heavy (non-hydrogen) atoms. The van der Waals surface area contributed by atoms with Gasteiger partial charge < -0.3 is 4.74 Å². The minimum absolute atomic E-state index is 0.143. The number of carbonyl (C=O) groups excluding carboxylic acids is 1. The number of ether oxygens (including phenoxy) is 1. The standard InChI is InChI=1S/C12H17N3O2S/c1-3-17-11(16)4-5-14(2)8-10-9-15-6-7-18-12(15)13-10/h6-7,9H,3-5,8H2,1-2H3. The van der Waals surface area contributed by atoms with Crippen molar-refractivity contribution < 1.29 is 9.53 Å². The lowest BCUT2D eigenvalue weighted by Crippen LogP contribution is -2.22. The van der Waals surface area contributed by atoms with E-state index in [9.17, 15) is 4.79 Å². The van der Waals surface area contributed by atoms with E-state index < -0.39 is 0 Å². The van der Waals surface area contributed by atoms with E-state index in [1.165, 1.54) is 0 Å². The van der Waals surface area contributed by atoms with Gasteiger partial charge in [0.05, 0.1) is 18.7 Å². The molecule has 98 valence electrons. The zero-order chi connectivity index (χ0) is 13.0. The molecule has 5 nitrogen and oxygen atoms in total. The van der Waals surface area contributed by atoms with E-state index in [0.717, 1.165) is 17.2 Å². The SMILES string of the molecule is CCOC(=O)CCN(C)Cc1cn2ccsc2n1. The predicted molar refractivity (Wildman–Crippen MR) is 70.7 cm³/mol. The monoisotopic (exact) mass is 267 g/mol. The van der Waals surface area contributed by atoms with Gasteiger partial charge in [0.2, 0.25) is 0 Å². The first-order valence-electron chi connectivity index (χ1n) is 5.94. The van der Waals surface area contributed by atoms with Gasteiger partial charge in [0.1, 0.15) is 0 Å². The number of rotatable bonds is 6. The third-order valence-corrected chi connectivity index (χ3v) is 3.35. The van der Waals surface area contributed by atoms with Gasteiger partial charge in [0.15, 0.2) is 4.96 Å². The summed E-state index contributed by atoms with van der Waals surface area (Å²) >= 11 is 1.62. The Kier molecular flexibility index (Phi) is 4.33. The Bertz CT molecular complexity index is 492. The number of imidazole rings is 1. The van der Waals surface area contributed by atoms with Crippen molar-refractivity contribution in [3.05, 3.63) is 23.5 Å². The number of carbonyl (C=O) groups is 1. The van der Waals surface area contributed by atoms with Crippen molar-refractivity contribution >= 4 is 22.3 Å². The molecular formula is C12H17N3O2S. The van der Waals surface area contributed by atoms with Crippen LogP contribution >= 0.6 is 11.3 Å². The Morgan fingerprint density at radius 2 is 2.44 bits per heavy atom. The topological polar surface area (TPSA) is 46.8 Å². The quantitative estimate of drug-likeness (QED) is 0.749. The third kappa shape index (κ3) is 3.30. The minimum Gasteiger partial charge on any atom is -0.466 e. The fourth-order valence-corrected chi connectivity index (χ4v) is 2.44. The fourth-order valence-electron chi connectivity index (χ4n) is 1.72. The summed E-state index contributed by atoms with van der Waals surface area (Å²) < 4.78 is 6.91. The Morgan fingerprint density at radius 1 is 1.61 bits per heavy atom. The van der Waals surface area contributed by atoms with Crippen molar-refractivity contribution in [2.45, 2.75) is 19.9 Å². The van der Waals surface area contributed by atoms with E-state index in [-0.39, 0.29) is 5.97 Å². The highest BCUT2D eigenvalue weighted by atomic mass is 32.1. The molecule has 6 heteroatoms. The van der Waals surface area contributed by atoms with E-state index in [4.69, 9.17) is 4.74 Å². The number of hydrogen-bond donors (Lipinski definition) is 0. The Balaban J connectivity index is 1.82. The van der Waals surface area contributed by atoms with Crippen molar-refractivity contribution in [3.8, 4) is 0 Å². The van der Waals surface area contributed by atoms with E-state index >= 15 is 0 Å². The van der Waals surface area contributed by atoms with Crippen LogP contribution in [0.25, 0.3) is 4.96 Å². The average molecular weight is 267 g/mol. The van der Waals surface area contributed by atoms with Crippen LogP contribution in [-0.4, -0.2) is 40.5 Å². The van der Waals surface area contributed by atoms with Crippen LogP contribution < -0.4 is 0 Å². The van der Waals surface area contributed by atoms with Crippen molar-refractivity contribution in [2.24, 2.45) is 0 Å². The molecule has 0 radical (unpaired) electrons. The molecule has 0 aliphatic heterocycles. The Labute approximate surface area is 110 Å². The summed E-state index contributed by atoms with van der Waals surface area (Å²) in [6.45, 7) is 3.69. The first-order chi connectivity index (χ1) is 8.69. The Morgan fingerprint density at radius 3 is 3.17 bits per heavy atom. The number of esters is 1. The molecule has 0 amide bonds. The van der Waals surface area contributed by atoms with Crippen LogP contribution in [0.3, 0.4) is 0 Å². The molecule has 0 saturated heterocycles. The number of nitrogens with zero attached hydrogens (tertiary/aromatic N) is 3. The zero-order valence-electron chi connectivity index (χ0n) is 10.6. The lowest BCUT2D eigenvalue weighted by atomic mass is 10.3. The molecule has 2 aromatic heterocycles. The smallest absolute Gasteiger partial charge is 0.307 e. The van der Waals surface area contributed by atoms with Crippen LogP contribution in [0.1, 0.15) is 19.0 Å². The summed E-state index contributed by atoms with van der Waals surface area (Å²) in [5.41, 5.74) is 1.02. The van der Waals surface area contributed by atoms with Crippen molar-refractivity contribution in [3.63, 3.8) is 0 Å². The highest BCUT2D eigenvalue weighted by Gasteiger charge is 2.08. The second kappa shape index (κ2) is 5.97. The summed E-state index contributed by atoms with van der Waals surface area (Å²) in [7, 11) is 1.98. The second-order valence-corrected chi connectivity index (χ2v) is 4.99. The van der Waals surface area contributed by atoms with Crippen LogP contribution in [-0.2, 0) is 16.1 Å². The first kappa shape index (κ1) is 13.0. The van der Waals surface area contributed by atoms with E-state index in [0.29, 0.717) is 19.6 Å².